The summed E-state index contributed by atoms with van der Waals surface area (Å²) in [7, 11) is -1.49. The first kappa shape index (κ1) is 17.4. The lowest BCUT2D eigenvalue weighted by Gasteiger charge is -2.27. The third kappa shape index (κ3) is 8.47. The predicted molar refractivity (Wildman–Crippen MR) is 78.1 cm³/mol. The van der Waals surface area contributed by atoms with E-state index in [1.165, 1.54) is 12.5 Å². The molecule has 106 valence electrons. The zero-order valence-corrected chi connectivity index (χ0v) is 13.5. The fourth-order valence-electron chi connectivity index (χ4n) is 1.92. The maximum Gasteiger partial charge on any atom is 0.333 e. The molecule has 1 unspecified atom stereocenters. The maximum absolute atomic E-state index is 11.2. The molecule has 0 aliphatic rings. The van der Waals surface area contributed by atoms with Gasteiger partial charge in [0.1, 0.15) is 0 Å². The van der Waals surface area contributed by atoms with Crippen LogP contribution in [-0.2, 0) is 14.0 Å². The molecule has 0 saturated carbocycles. The minimum atomic E-state index is -1.49. The molecule has 0 aromatic carbocycles. The van der Waals surface area contributed by atoms with Crippen LogP contribution < -0.4 is 0 Å². The van der Waals surface area contributed by atoms with E-state index in [-0.39, 0.29) is 12.1 Å². The van der Waals surface area contributed by atoms with E-state index in [0.29, 0.717) is 12.2 Å². The van der Waals surface area contributed by atoms with Gasteiger partial charge in [0.05, 0.1) is 6.61 Å². The van der Waals surface area contributed by atoms with Gasteiger partial charge in [0.15, 0.2) is 8.32 Å². The van der Waals surface area contributed by atoms with Crippen molar-refractivity contribution in [3.63, 3.8) is 0 Å². The first-order chi connectivity index (χ1) is 8.28. The van der Waals surface area contributed by atoms with Crippen molar-refractivity contribution in [2.45, 2.75) is 65.3 Å². The summed E-state index contributed by atoms with van der Waals surface area (Å²) in [5, 5.41) is 0. The van der Waals surface area contributed by atoms with Crippen LogP contribution in [0.3, 0.4) is 0 Å². The van der Waals surface area contributed by atoms with Crippen LogP contribution in [0.15, 0.2) is 12.2 Å². The van der Waals surface area contributed by atoms with E-state index in [0.717, 1.165) is 12.8 Å². The summed E-state index contributed by atoms with van der Waals surface area (Å²) in [6.07, 6.45) is 3.21. The monoisotopic (exact) mass is 272 g/mol. The van der Waals surface area contributed by atoms with Gasteiger partial charge in [-0.05, 0) is 45.8 Å². The van der Waals surface area contributed by atoms with Crippen LogP contribution in [0.5, 0.6) is 0 Å². The molecule has 0 N–H and O–H groups in total. The van der Waals surface area contributed by atoms with E-state index in [4.69, 9.17) is 9.16 Å². The number of ether oxygens (including phenoxy) is 1. The van der Waals surface area contributed by atoms with Crippen molar-refractivity contribution in [1.82, 2.24) is 0 Å². The van der Waals surface area contributed by atoms with E-state index in [2.05, 4.69) is 33.5 Å². The molecule has 0 saturated heterocycles. The van der Waals surface area contributed by atoms with Gasteiger partial charge in [0.25, 0.3) is 0 Å². The van der Waals surface area contributed by atoms with Crippen molar-refractivity contribution in [2.75, 3.05) is 6.61 Å². The molecule has 0 rings (SSSR count). The van der Waals surface area contributed by atoms with Gasteiger partial charge in [0, 0.05) is 11.7 Å². The molecule has 0 amide bonds. The van der Waals surface area contributed by atoms with Crippen LogP contribution in [-0.4, -0.2) is 27.0 Å². The predicted octanol–water partition coefficient (Wildman–Crippen LogP) is 3.91. The van der Waals surface area contributed by atoms with Gasteiger partial charge in [-0.2, -0.15) is 0 Å². The van der Waals surface area contributed by atoms with Crippen LogP contribution in [0.25, 0.3) is 0 Å². The lowest BCUT2D eigenvalue weighted by Crippen LogP contribution is -2.34. The zero-order valence-electron chi connectivity index (χ0n) is 12.5. The Morgan fingerprint density at radius 1 is 1.39 bits per heavy atom. The number of hydrogen-bond acceptors (Lipinski definition) is 3. The van der Waals surface area contributed by atoms with Gasteiger partial charge in [-0.3, -0.25) is 0 Å². The van der Waals surface area contributed by atoms with E-state index in [1.54, 1.807) is 6.92 Å². The smallest absolute Gasteiger partial charge is 0.333 e. The Kier molecular flexibility index (Phi) is 8.19. The van der Waals surface area contributed by atoms with E-state index < -0.39 is 8.32 Å². The lowest BCUT2D eigenvalue weighted by molar-refractivity contribution is -0.139. The second-order valence-corrected chi connectivity index (χ2v) is 9.75. The fourth-order valence-corrected chi connectivity index (χ4v) is 4.45. The number of rotatable bonds is 9. The summed E-state index contributed by atoms with van der Waals surface area (Å²) < 4.78 is 11.2. The standard InChI is InChI=1S/C14H28O3Si/c1-7-11-18(5,6)17-13(4)9-8-10-16-14(15)12(2)3/h13H,2,7-11H2,1,3-6H3. The van der Waals surface area contributed by atoms with Gasteiger partial charge in [0.2, 0.25) is 0 Å². The van der Waals surface area contributed by atoms with Crippen molar-refractivity contribution >= 4 is 14.3 Å². The van der Waals surface area contributed by atoms with Crippen molar-refractivity contribution < 1.29 is 14.0 Å². The Morgan fingerprint density at radius 3 is 2.50 bits per heavy atom. The summed E-state index contributed by atoms with van der Waals surface area (Å²) in [6, 6.07) is 1.20. The molecular formula is C14H28O3Si. The van der Waals surface area contributed by atoms with Gasteiger partial charge in [-0.1, -0.05) is 19.9 Å². The topological polar surface area (TPSA) is 35.5 Å². The summed E-state index contributed by atoms with van der Waals surface area (Å²) in [4.78, 5) is 11.2. The maximum atomic E-state index is 11.2. The lowest BCUT2D eigenvalue weighted by atomic mass is 10.2. The number of hydrogen-bond donors (Lipinski definition) is 0. The molecule has 0 aromatic heterocycles. The second kappa shape index (κ2) is 8.48. The highest BCUT2D eigenvalue weighted by Crippen LogP contribution is 2.17. The molecule has 1 atom stereocenters. The molecule has 18 heavy (non-hydrogen) atoms. The average Bonchev–Trinajstić information content (AvgIpc) is 2.22. The summed E-state index contributed by atoms with van der Waals surface area (Å²) >= 11 is 0. The van der Waals surface area contributed by atoms with E-state index >= 15 is 0 Å². The number of esters is 1. The second-order valence-electron chi connectivity index (χ2n) is 5.50. The summed E-state index contributed by atoms with van der Waals surface area (Å²) in [5.74, 6) is -0.302. The number of carbonyl (C=O) groups is 1. The minimum absolute atomic E-state index is 0.252. The van der Waals surface area contributed by atoms with Crippen LogP contribution in [0.2, 0.25) is 19.1 Å². The molecule has 0 aromatic rings. The molecule has 4 heteroatoms. The Bertz CT molecular complexity index is 274. The first-order valence-corrected chi connectivity index (χ1v) is 9.90. The van der Waals surface area contributed by atoms with Gasteiger partial charge < -0.3 is 9.16 Å². The molecule has 0 spiro atoms. The van der Waals surface area contributed by atoms with Crippen LogP contribution in [0.1, 0.15) is 40.0 Å². The minimum Gasteiger partial charge on any atom is -0.462 e. The highest BCUT2D eigenvalue weighted by Gasteiger charge is 2.23. The largest absolute Gasteiger partial charge is 0.462 e. The molecule has 0 bridgehead atoms. The fraction of sp³-hybridized carbons (Fsp3) is 0.786. The Morgan fingerprint density at radius 2 is 2.00 bits per heavy atom. The van der Waals surface area contributed by atoms with Crippen molar-refractivity contribution in [3.8, 4) is 0 Å². The Balaban J connectivity index is 3.74. The van der Waals surface area contributed by atoms with Gasteiger partial charge >= 0.3 is 5.97 Å². The van der Waals surface area contributed by atoms with Crippen molar-refractivity contribution in [2.24, 2.45) is 0 Å². The normalized spacial score (nSPS) is 13.2. The third-order valence-corrected chi connectivity index (χ3v) is 5.45. The number of carbonyl (C=O) groups excluding carboxylic acids is 1. The molecule has 3 nitrogen and oxygen atoms in total. The quantitative estimate of drug-likeness (QED) is 0.276. The van der Waals surface area contributed by atoms with Crippen LogP contribution in [0, 0.1) is 0 Å². The summed E-state index contributed by atoms with van der Waals surface area (Å²) in [6.45, 7) is 14.5. The van der Waals surface area contributed by atoms with Crippen molar-refractivity contribution in [1.29, 1.82) is 0 Å². The third-order valence-electron chi connectivity index (χ3n) is 2.71. The molecule has 0 aliphatic heterocycles. The summed E-state index contributed by atoms with van der Waals surface area (Å²) in [5.41, 5.74) is 0.454. The van der Waals surface area contributed by atoms with E-state index in [1.807, 2.05) is 0 Å². The molecule has 0 aliphatic carbocycles. The van der Waals surface area contributed by atoms with Gasteiger partial charge in [-0.25, -0.2) is 4.79 Å². The van der Waals surface area contributed by atoms with Crippen LogP contribution >= 0.6 is 0 Å². The SMILES string of the molecule is C=C(C)C(=O)OCCCC(C)O[Si](C)(C)CCC. The van der Waals surface area contributed by atoms with Gasteiger partial charge in [-0.15, -0.1) is 0 Å². The molecule has 0 radical (unpaired) electrons. The molecule has 0 fully saturated rings. The van der Waals surface area contributed by atoms with Crippen LogP contribution in [0.4, 0.5) is 0 Å². The first-order valence-electron chi connectivity index (χ1n) is 6.79. The molecule has 0 heterocycles. The highest BCUT2D eigenvalue weighted by molar-refractivity contribution is 6.71. The average molecular weight is 272 g/mol. The Hall–Kier alpha value is -0.613. The zero-order chi connectivity index (χ0) is 14.2. The Labute approximate surface area is 113 Å². The van der Waals surface area contributed by atoms with E-state index in [9.17, 15) is 4.79 Å². The highest BCUT2D eigenvalue weighted by atomic mass is 28.4. The van der Waals surface area contributed by atoms with Crippen molar-refractivity contribution in [3.05, 3.63) is 12.2 Å². The molecular weight excluding hydrogens is 244 g/mol.